The lowest BCUT2D eigenvalue weighted by atomic mass is 9.85. The van der Waals surface area contributed by atoms with Crippen LogP contribution in [0, 0.1) is 29.1 Å². The summed E-state index contributed by atoms with van der Waals surface area (Å²) in [5, 5.41) is 14.9. The second-order valence-electron chi connectivity index (χ2n) is 7.01. The van der Waals surface area contributed by atoms with E-state index in [1.165, 1.54) is 6.21 Å². The van der Waals surface area contributed by atoms with Gasteiger partial charge in [-0.05, 0) is 42.2 Å². The van der Waals surface area contributed by atoms with Gasteiger partial charge in [-0.1, -0.05) is 24.3 Å². The Labute approximate surface area is 133 Å². The Morgan fingerprint density at radius 2 is 1.70 bits per heavy atom. The number of carbonyl (C=O) groups is 2. The zero-order valence-electron chi connectivity index (χ0n) is 12.4. The molecular weight excluding hydrogens is 292 g/mol. The lowest BCUT2D eigenvalue weighted by Gasteiger charge is -2.18. The molecule has 1 aromatic carbocycles. The lowest BCUT2D eigenvalue weighted by Crippen LogP contribution is -2.30. The number of nitrogens with zero attached hydrogens (tertiary/aromatic N) is 2. The maximum atomic E-state index is 12.7. The Balaban J connectivity index is 1.46. The fourth-order valence-corrected chi connectivity index (χ4v) is 4.89. The monoisotopic (exact) mass is 308 g/mol. The van der Waals surface area contributed by atoms with Crippen molar-refractivity contribution in [3.63, 3.8) is 0 Å². The van der Waals surface area contributed by atoms with Gasteiger partial charge in [-0.25, -0.2) is 0 Å². The number of amides is 2. The highest BCUT2D eigenvalue weighted by Crippen LogP contribution is 2.73. The highest BCUT2D eigenvalue weighted by atomic mass is 16.3. The number of hydrogen-bond acceptors (Lipinski definition) is 4. The molecule has 2 bridgehead atoms. The molecule has 1 aliphatic heterocycles. The molecule has 5 nitrogen and oxygen atoms in total. The third-order valence-electron chi connectivity index (χ3n) is 6.08. The largest absolute Gasteiger partial charge is 0.507 e. The van der Waals surface area contributed by atoms with Crippen LogP contribution in [-0.2, 0) is 9.59 Å². The van der Waals surface area contributed by atoms with Crippen molar-refractivity contribution in [2.75, 3.05) is 0 Å². The van der Waals surface area contributed by atoms with Gasteiger partial charge in [-0.3, -0.25) is 9.59 Å². The minimum absolute atomic E-state index is 0.0780. The van der Waals surface area contributed by atoms with Crippen LogP contribution in [0.25, 0.3) is 0 Å². The van der Waals surface area contributed by atoms with Crippen molar-refractivity contribution in [1.82, 2.24) is 5.01 Å². The number of rotatable bonds is 2. The minimum Gasteiger partial charge on any atom is -0.507 e. The van der Waals surface area contributed by atoms with E-state index >= 15 is 0 Å². The van der Waals surface area contributed by atoms with Crippen molar-refractivity contribution >= 4 is 18.0 Å². The molecule has 5 rings (SSSR count). The van der Waals surface area contributed by atoms with Crippen molar-refractivity contribution in [3.05, 3.63) is 42.0 Å². The first kappa shape index (κ1) is 13.0. The van der Waals surface area contributed by atoms with Gasteiger partial charge >= 0.3 is 0 Å². The molecule has 1 N–H and O–H groups in total. The summed E-state index contributed by atoms with van der Waals surface area (Å²) in [5.74, 6) is -0.347. The molecule has 1 aromatic rings. The van der Waals surface area contributed by atoms with E-state index in [0.29, 0.717) is 5.56 Å². The van der Waals surface area contributed by atoms with Crippen LogP contribution in [-0.4, -0.2) is 28.1 Å². The van der Waals surface area contributed by atoms with Gasteiger partial charge in [0.25, 0.3) is 11.8 Å². The van der Waals surface area contributed by atoms with E-state index in [1.54, 1.807) is 24.3 Å². The number of benzene rings is 1. The highest BCUT2D eigenvalue weighted by molar-refractivity contribution is 6.07. The van der Waals surface area contributed by atoms with Crippen LogP contribution >= 0.6 is 0 Å². The van der Waals surface area contributed by atoms with E-state index in [9.17, 15) is 14.7 Å². The molecular formula is C18H16N2O3. The third-order valence-corrected chi connectivity index (χ3v) is 6.08. The molecule has 2 saturated carbocycles. The van der Waals surface area contributed by atoms with Crippen LogP contribution in [0.2, 0.25) is 0 Å². The van der Waals surface area contributed by atoms with Crippen molar-refractivity contribution < 1.29 is 14.7 Å². The number of allylic oxidation sites excluding steroid dienone is 2. The van der Waals surface area contributed by atoms with Crippen LogP contribution < -0.4 is 0 Å². The number of hydrogen-bond donors (Lipinski definition) is 1. The van der Waals surface area contributed by atoms with Crippen LogP contribution in [0.15, 0.2) is 41.5 Å². The molecule has 0 aromatic heterocycles. The van der Waals surface area contributed by atoms with E-state index < -0.39 is 0 Å². The number of fused-ring (bicyclic) bond motifs is 3. The summed E-state index contributed by atoms with van der Waals surface area (Å²) >= 11 is 0. The average Bonchev–Trinajstić information content (AvgIpc) is 3.15. The zero-order valence-corrected chi connectivity index (χ0v) is 12.4. The maximum absolute atomic E-state index is 12.7. The molecule has 0 unspecified atom stereocenters. The van der Waals surface area contributed by atoms with Crippen LogP contribution in [0.5, 0.6) is 5.75 Å². The molecule has 3 fully saturated rings. The standard InChI is InChI=1S/C18H16N2O3/c21-13-4-2-1-3-10(13)9-19-20-16(22)14-11-5-6-12(15(14)17(20)23)18(11)7-8-18/h1-6,9,11-12,14-15,21H,7-8H2/b19-9-/t11-,12+,14-,15+. The molecule has 2 amide bonds. The average molecular weight is 308 g/mol. The number of para-hydroxylation sites is 1. The number of imide groups is 1. The SMILES string of the molecule is O=C1[C@@H]2[C@H](C(=O)N1/N=C\c1ccccc1O)[C@H]1C=C[C@@H]2C12CC2. The fourth-order valence-electron chi connectivity index (χ4n) is 4.89. The molecule has 116 valence electrons. The van der Waals surface area contributed by atoms with Crippen molar-refractivity contribution in [2.45, 2.75) is 12.8 Å². The summed E-state index contributed by atoms with van der Waals surface area (Å²) in [6, 6.07) is 6.71. The molecule has 1 heterocycles. The molecule has 4 atom stereocenters. The number of hydrazone groups is 1. The van der Waals surface area contributed by atoms with Gasteiger partial charge in [0.05, 0.1) is 18.1 Å². The van der Waals surface area contributed by atoms with Crippen molar-refractivity contribution in [3.8, 4) is 5.75 Å². The van der Waals surface area contributed by atoms with Gasteiger partial charge in [-0.15, -0.1) is 0 Å². The van der Waals surface area contributed by atoms with Gasteiger partial charge in [-0.2, -0.15) is 10.1 Å². The molecule has 0 radical (unpaired) electrons. The summed E-state index contributed by atoms with van der Waals surface area (Å²) in [4.78, 5) is 25.4. The Morgan fingerprint density at radius 3 is 2.26 bits per heavy atom. The minimum atomic E-state index is -0.235. The third kappa shape index (κ3) is 1.49. The Hall–Kier alpha value is -2.43. The first-order valence-electron chi connectivity index (χ1n) is 8.02. The number of phenolic OH excluding ortho intramolecular Hbond substituents is 1. The van der Waals surface area contributed by atoms with E-state index in [-0.39, 0.29) is 46.7 Å². The van der Waals surface area contributed by atoms with Gasteiger partial charge in [0.15, 0.2) is 0 Å². The molecule has 5 heteroatoms. The second-order valence-corrected chi connectivity index (χ2v) is 7.01. The van der Waals surface area contributed by atoms with Gasteiger partial charge in [0.2, 0.25) is 0 Å². The predicted molar refractivity (Wildman–Crippen MR) is 82.3 cm³/mol. The summed E-state index contributed by atoms with van der Waals surface area (Å²) in [5.41, 5.74) is 0.693. The molecule has 3 aliphatic carbocycles. The Morgan fingerprint density at radius 1 is 1.09 bits per heavy atom. The summed E-state index contributed by atoms with van der Waals surface area (Å²) in [6.07, 6.45) is 7.92. The van der Waals surface area contributed by atoms with E-state index in [1.807, 2.05) is 0 Å². The maximum Gasteiger partial charge on any atom is 0.254 e. The summed E-state index contributed by atoms with van der Waals surface area (Å²) < 4.78 is 0. The quantitative estimate of drug-likeness (QED) is 0.515. The number of phenols is 1. The van der Waals surface area contributed by atoms with Crippen LogP contribution in [0.4, 0.5) is 0 Å². The van der Waals surface area contributed by atoms with E-state index in [2.05, 4.69) is 17.3 Å². The molecule has 1 spiro atoms. The normalized spacial score (nSPS) is 35.7. The fraction of sp³-hybridized carbons (Fsp3) is 0.389. The van der Waals surface area contributed by atoms with Crippen LogP contribution in [0.3, 0.4) is 0 Å². The zero-order chi connectivity index (χ0) is 15.8. The van der Waals surface area contributed by atoms with E-state index in [0.717, 1.165) is 17.9 Å². The number of carbonyl (C=O) groups excluding carboxylic acids is 2. The summed E-state index contributed by atoms with van der Waals surface area (Å²) in [6.45, 7) is 0. The Bertz CT molecular complexity index is 759. The van der Waals surface area contributed by atoms with Gasteiger partial charge in [0, 0.05) is 5.56 Å². The molecule has 23 heavy (non-hydrogen) atoms. The smallest absolute Gasteiger partial charge is 0.254 e. The number of aromatic hydroxyl groups is 1. The lowest BCUT2D eigenvalue weighted by molar-refractivity contribution is -0.141. The highest BCUT2D eigenvalue weighted by Gasteiger charge is 2.73. The Kier molecular flexibility index (Phi) is 2.33. The van der Waals surface area contributed by atoms with Gasteiger partial charge < -0.3 is 5.11 Å². The topological polar surface area (TPSA) is 70.0 Å². The molecule has 4 aliphatic rings. The molecule has 1 saturated heterocycles. The van der Waals surface area contributed by atoms with Crippen molar-refractivity contribution in [2.24, 2.45) is 34.2 Å². The first-order valence-corrected chi connectivity index (χ1v) is 8.02. The second kappa shape index (κ2) is 4.10. The summed E-state index contributed by atoms with van der Waals surface area (Å²) in [7, 11) is 0. The van der Waals surface area contributed by atoms with Crippen LogP contribution in [0.1, 0.15) is 18.4 Å². The van der Waals surface area contributed by atoms with E-state index in [4.69, 9.17) is 0 Å². The predicted octanol–water partition coefficient (Wildman–Crippen LogP) is 1.92. The van der Waals surface area contributed by atoms with Gasteiger partial charge in [0.1, 0.15) is 5.75 Å². The first-order chi connectivity index (χ1) is 11.1. The van der Waals surface area contributed by atoms with Crippen molar-refractivity contribution in [1.29, 1.82) is 0 Å².